The van der Waals surface area contributed by atoms with Crippen LogP contribution in [0.2, 0.25) is 0 Å². The molecule has 104 valence electrons. The molecule has 0 aliphatic carbocycles. The normalized spacial score (nSPS) is 11.9. The van der Waals surface area contributed by atoms with Gasteiger partial charge in [0.1, 0.15) is 23.0 Å². The molecular formula is C10H11BrN2O5S. The van der Waals surface area contributed by atoms with E-state index >= 15 is 0 Å². The van der Waals surface area contributed by atoms with E-state index in [0.29, 0.717) is 11.5 Å². The van der Waals surface area contributed by atoms with Crippen LogP contribution in [0.25, 0.3) is 0 Å². The fourth-order valence-corrected chi connectivity index (χ4v) is 3.40. The highest BCUT2D eigenvalue weighted by Crippen LogP contribution is 2.26. The molecule has 2 N–H and O–H groups in total. The molecule has 0 saturated heterocycles. The Bertz CT molecular complexity index is 676. The van der Waals surface area contributed by atoms with Gasteiger partial charge in [0, 0.05) is 12.1 Å². The summed E-state index contributed by atoms with van der Waals surface area (Å²) >= 11 is 2.99. The second kappa shape index (κ2) is 5.45. The number of aliphatic hydroxyl groups is 1. The first-order chi connectivity index (χ1) is 8.92. The fraction of sp³-hybridized carbons (Fsp3) is 0.300. The van der Waals surface area contributed by atoms with Crippen LogP contribution in [-0.4, -0.2) is 18.7 Å². The third kappa shape index (κ3) is 3.24. The van der Waals surface area contributed by atoms with Gasteiger partial charge in [0.05, 0.1) is 12.2 Å². The molecule has 0 fully saturated rings. The zero-order chi connectivity index (χ0) is 14.0. The van der Waals surface area contributed by atoms with Gasteiger partial charge in [0.25, 0.3) is 0 Å². The molecule has 0 unspecified atom stereocenters. The fourth-order valence-electron chi connectivity index (χ4n) is 1.41. The first-order valence-electron chi connectivity index (χ1n) is 5.23. The third-order valence-corrected chi connectivity index (χ3v) is 4.53. The van der Waals surface area contributed by atoms with Gasteiger partial charge in [0.15, 0.2) is 4.67 Å². The second-order valence-electron chi connectivity index (χ2n) is 3.76. The van der Waals surface area contributed by atoms with Crippen molar-refractivity contribution in [2.45, 2.75) is 25.0 Å². The average Bonchev–Trinajstić information content (AvgIpc) is 2.93. The van der Waals surface area contributed by atoms with Crippen LogP contribution in [0.5, 0.6) is 0 Å². The van der Waals surface area contributed by atoms with Crippen LogP contribution < -0.4 is 4.72 Å². The summed E-state index contributed by atoms with van der Waals surface area (Å²) in [5.41, 5.74) is 0.475. The summed E-state index contributed by atoms with van der Waals surface area (Å²) in [4.78, 5) is -0.0724. The summed E-state index contributed by atoms with van der Waals surface area (Å²) in [5.74, 6) is 0.755. The highest BCUT2D eigenvalue weighted by molar-refractivity contribution is 9.10. The largest absolute Gasteiger partial charge is 0.450 e. The molecule has 2 rings (SSSR count). The Kier molecular flexibility index (Phi) is 4.09. The number of aromatic nitrogens is 1. The highest BCUT2D eigenvalue weighted by atomic mass is 79.9. The Morgan fingerprint density at radius 3 is 2.74 bits per heavy atom. The Morgan fingerprint density at radius 2 is 2.21 bits per heavy atom. The van der Waals surface area contributed by atoms with E-state index < -0.39 is 10.0 Å². The number of sulfonamides is 1. The summed E-state index contributed by atoms with van der Waals surface area (Å²) in [6, 6.07) is 2.88. The Morgan fingerprint density at radius 1 is 1.47 bits per heavy atom. The number of aryl methyl sites for hydroxylation is 1. The summed E-state index contributed by atoms with van der Waals surface area (Å²) in [6.07, 6.45) is 0. The molecule has 2 aromatic heterocycles. The number of aliphatic hydroxyl groups excluding tert-OH is 1. The second-order valence-corrected chi connectivity index (χ2v) is 6.22. The van der Waals surface area contributed by atoms with Gasteiger partial charge in [-0.25, -0.2) is 13.1 Å². The van der Waals surface area contributed by atoms with Crippen LogP contribution in [0.1, 0.15) is 17.2 Å². The minimum Gasteiger partial charge on any atom is -0.450 e. The van der Waals surface area contributed by atoms with Crippen LogP contribution in [-0.2, 0) is 23.2 Å². The SMILES string of the molecule is Cc1cc(CNS(=O)(=O)c2cc(CO)oc2Br)no1. The molecule has 19 heavy (non-hydrogen) atoms. The van der Waals surface area contributed by atoms with Crippen molar-refractivity contribution < 1.29 is 22.5 Å². The van der Waals surface area contributed by atoms with E-state index in [1.165, 1.54) is 6.07 Å². The predicted molar refractivity (Wildman–Crippen MR) is 67.6 cm³/mol. The van der Waals surface area contributed by atoms with Crippen LogP contribution >= 0.6 is 15.9 Å². The summed E-state index contributed by atoms with van der Waals surface area (Å²) < 4.78 is 36.3. The maximum Gasteiger partial charge on any atom is 0.245 e. The topological polar surface area (TPSA) is 106 Å². The number of hydrogen-bond acceptors (Lipinski definition) is 6. The van der Waals surface area contributed by atoms with Gasteiger partial charge in [-0.1, -0.05) is 5.16 Å². The van der Waals surface area contributed by atoms with Crippen molar-refractivity contribution in [1.29, 1.82) is 0 Å². The maximum absolute atomic E-state index is 12.0. The van der Waals surface area contributed by atoms with Crippen molar-refractivity contribution in [3.8, 4) is 0 Å². The molecule has 0 radical (unpaired) electrons. The van der Waals surface area contributed by atoms with Crippen molar-refractivity contribution in [3.05, 3.63) is 34.0 Å². The monoisotopic (exact) mass is 350 g/mol. The van der Waals surface area contributed by atoms with Crippen molar-refractivity contribution in [1.82, 2.24) is 9.88 Å². The van der Waals surface area contributed by atoms with Gasteiger partial charge in [-0.15, -0.1) is 0 Å². The number of furan rings is 1. The third-order valence-electron chi connectivity index (χ3n) is 2.27. The molecule has 2 heterocycles. The zero-order valence-electron chi connectivity index (χ0n) is 9.88. The van der Waals surface area contributed by atoms with E-state index in [0.717, 1.165) is 0 Å². The first-order valence-corrected chi connectivity index (χ1v) is 7.51. The average molecular weight is 351 g/mol. The molecule has 0 atom stereocenters. The molecule has 0 spiro atoms. The smallest absolute Gasteiger partial charge is 0.245 e. The Labute approximate surface area is 117 Å². The Balaban J connectivity index is 2.15. The molecule has 0 bridgehead atoms. The molecule has 7 nitrogen and oxygen atoms in total. The van der Waals surface area contributed by atoms with Crippen molar-refractivity contribution in [2.75, 3.05) is 0 Å². The van der Waals surface area contributed by atoms with Gasteiger partial charge in [-0.3, -0.25) is 0 Å². The lowest BCUT2D eigenvalue weighted by molar-refractivity contribution is 0.245. The van der Waals surface area contributed by atoms with Crippen LogP contribution in [0.4, 0.5) is 0 Å². The number of hydrogen-bond donors (Lipinski definition) is 2. The number of nitrogens with zero attached hydrogens (tertiary/aromatic N) is 1. The number of rotatable bonds is 5. The van der Waals surface area contributed by atoms with E-state index in [1.807, 2.05) is 0 Å². The van der Waals surface area contributed by atoms with E-state index in [2.05, 4.69) is 25.8 Å². The lowest BCUT2D eigenvalue weighted by Gasteiger charge is -2.02. The van der Waals surface area contributed by atoms with Crippen molar-refractivity contribution in [3.63, 3.8) is 0 Å². The lowest BCUT2D eigenvalue weighted by atomic mass is 10.4. The predicted octanol–water partition coefficient (Wildman–Crippen LogP) is 1.31. The van der Waals surface area contributed by atoms with Crippen LogP contribution in [0.15, 0.2) is 30.6 Å². The lowest BCUT2D eigenvalue weighted by Crippen LogP contribution is -2.23. The minimum absolute atomic E-state index is 0.00571. The molecule has 0 aliphatic rings. The molecular weight excluding hydrogens is 340 g/mol. The molecule has 9 heteroatoms. The van der Waals surface area contributed by atoms with E-state index in [4.69, 9.17) is 14.0 Å². The molecule has 0 amide bonds. The van der Waals surface area contributed by atoms with Crippen LogP contribution in [0, 0.1) is 6.92 Å². The van der Waals surface area contributed by atoms with E-state index in [9.17, 15) is 8.42 Å². The quantitative estimate of drug-likeness (QED) is 0.841. The van der Waals surface area contributed by atoms with Gasteiger partial charge < -0.3 is 14.0 Å². The minimum atomic E-state index is -3.75. The molecule has 0 aliphatic heterocycles. The summed E-state index contributed by atoms with van der Waals surface area (Å²) in [7, 11) is -3.75. The number of halogens is 1. The molecule has 0 saturated carbocycles. The molecule has 2 aromatic rings. The van der Waals surface area contributed by atoms with E-state index in [1.54, 1.807) is 13.0 Å². The van der Waals surface area contributed by atoms with Gasteiger partial charge >= 0.3 is 0 Å². The van der Waals surface area contributed by atoms with E-state index in [-0.39, 0.29) is 28.5 Å². The number of nitrogens with one attached hydrogen (secondary N) is 1. The zero-order valence-corrected chi connectivity index (χ0v) is 12.3. The summed E-state index contributed by atoms with van der Waals surface area (Å²) in [5, 5.41) is 12.6. The van der Waals surface area contributed by atoms with Crippen molar-refractivity contribution >= 4 is 26.0 Å². The highest BCUT2D eigenvalue weighted by Gasteiger charge is 2.22. The first kappa shape index (κ1) is 14.3. The van der Waals surface area contributed by atoms with Gasteiger partial charge in [-0.05, 0) is 22.9 Å². The van der Waals surface area contributed by atoms with Crippen LogP contribution in [0.3, 0.4) is 0 Å². The summed E-state index contributed by atoms with van der Waals surface area (Å²) in [6.45, 7) is 1.34. The van der Waals surface area contributed by atoms with Crippen molar-refractivity contribution in [2.24, 2.45) is 0 Å². The van der Waals surface area contributed by atoms with Gasteiger partial charge in [0.2, 0.25) is 10.0 Å². The maximum atomic E-state index is 12.0. The standard InChI is InChI=1S/C10H11BrN2O5S/c1-6-2-7(13-18-6)4-12-19(15,16)9-3-8(5-14)17-10(9)11/h2-3,12,14H,4-5H2,1H3. The van der Waals surface area contributed by atoms with Gasteiger partial charge in [-0.2, -0.15) is 0 Å². The Hall–Kier alpha value is -1.16. The molecule has 0 aromatic carbocycles.